The van der Waals surface area contributed by atoms with Gasteiger partial charge in [0.15, 0.2) is 0 Å². The Balaban J connectivity index is -0.0000000700. The molecule has 0 aliphatic rings. The fraction of sp³-hybridized carbons (Fsp3) is 1.00. The van der Waals surface area contributed by atoms with E-state index >= 15 is 0 Å². The first-order valence-corrected chi connectivity index (χ1v) is 5.68. The molecule has 0 aromatic carbocycles. The van der Waals surface area contributed by atoms with Gasteiger partial charge >= 0.3 is 0 Å². The second kappa shape index (κ2) is 29.6. The van der Waals surface area contributed by atoms with E-state index in [0.717, 1.165) is 25.7 Å². The van der Waals surface area contributed by atoms with Gasteiger partial charge in [-0.15, -0.1) is 0 Å². The molecule has 0 fully saturated rings. The molecule has 4 nitrogen and oxygen atoms in total. The first kappa shape index (κ1) is 25.4. The van der Waals surface area contributed by atoms with Crippen molar-refractivity contribution in [3.63, 3.8) is 0 Å². The van der Waals surface area contributed by atoms with Crippen LogP contribution in [0.1, 0.15) is 46.5 Å². The maximum atomic E-state index is 8.26. The minimum absolute atomic E-state index is 0. The summed E-state index contributed by atoms with van der Waals surface area (Å²) in [7, 11) is 0. The van der Waals surface area contributed by atoms with Crippen molar-refractivity contribution in [3.8, 4) is 0 Å². The first-order valence-electron chi connectivity index (χ1n) is 5.68. The number of hydrogen-bond donors (Lipinski definition) is 4. The molecule has 0 rings (SSSR count). The van der Waals surface area contributed by atoms with Crippen LogP contribution >= 0.6 is 0 Å². The summed E-state index contributed by atoms with van der Waals surface area (Å²) in [6.07, 6.45) is 3.51. The van der Waals surface area contributed by atoms with Crippen molar-refractivity contribution in [1.82, 2.24) is 0 Å². The Hall–Kier alpha value is 0.554. The summed E-state index contributed by atoms with van der Waals surface area (Å²) in [6.45, 7) is 6.71. The van der Waals surface area contributed by atoms with Crippen molar-refractivity contribution in [2.75, 3.05) is 19.8 Å². The van der Waals surface area contributed by atoms with Gasteiger partial charge < -0.3 is 21.1 Å². The molecule has 0 saturated carbocycles. The van der Waals surface area contributed by atoms with Crippen molar-refractivity contribution < 1.29 is 37.0 Å². The molecule has 0 amide bonds. The number of aliphatic hydroxyl groups is 3. The predicted octanol–water partition coefficient (Wildman–Crippen LogP) is 0.881. The van der Waals surface area contributed by atoms with Gasteiger partial charge in [0.05, 0.1) is 0 Å². The van der Waals surface area contributed by atoms with Crippen LogP contribution in [0.3, 0.4) is 0 Å². The van der Waals surface area contributed by atoms with Crippen LogP contribution in [0, 0.1) is 0 Å². The fourth-order valence-electron chi connectivity index (χ4n) is 0.413. The molecule has 0 radical (unpaired) electrons. The van der Waals surface area contributed by atoms with Crippen LogP contribution in [0.15, 0.2) is 0 Å². The minimum atomic E-state index is 0. The van der Waals surface area contributed by atoms with Crippen molar-refractivity contribution >= 4 is 0 Å². The maximum Gasteiger partial charge on any atom is 0.0431 e. The summed E-state index contributed by atoms with van der Waals surface area (Å²) in [6, 6.07) is 0.243. The molecule has 0 bridgehead atoms. The second-order valence-electron chi connectivity index (χ2n) is 3.29. The molecule has 5 N–H and O–H groups in total. The van der Waals surface area contributed by atoms with Crippen molar-refractivity contribution in [3.05, 3.63) is 0 Å². The minimum Gasteiger partial charge on any atom is -0.396 e. The number of nitrogens with two attached hydrogens (primary N) is 1. The predicted molar refractivity (Wildman–Crippen MR) is 64.7 cm³/mol. The third-order valence-electron chi connectivity index (χ3n) is 1.26. The largest absolute Gasteiger partial charge is 0.396 e. The molecular weight excluding hydrogens is 242 g/mol. The Morgan fingerprint density at radius 2 is 1.25 bits per heavy atom. The van der Waals surface area contributed by atoms with E-state index in [9.17, 15) is 0 Å². The smallest absolute Gasteiger partial charge is 0.0431 e. The van der Waals surface area contributed by atoms with Crippen molar-refractivity contribution in [2.24, 2.45) is 5.73 Å². The Morgan fingerprint density at radius 3 is 1.31 bits per heavy atom. The SMILES string of the molecule is CC(N)CCCO.CCCO.CCCO.[Ti]. The molecule has 0 heterocycles. The van der Waals surface area contributed by atoms with Crippen LogP contribution in [0.4, 0.5) is 0 Å². The van der Waals surface area contributed by atoms with E-state index in [1.807, 2.05) is 20.8 Å². The van der Waals surface area contributed by atoms with E-state index < -0.39 is 0 Å². The standard InChI is InChI=1S/C5H13NO.2C3H8O.Ti/c1-5(6)3-2-4-7;2*1-2-3-4;/h5,7H,2-4,6H2,1H3;2*4H,2-3H2,1H3;. The van der Waals surface area contributed by atoms with Gasteiger partial charge in [0.2, 0.25) is 0 Å². The van der Waals surface area contributed by atoms with Crippen LogP contribution in [0.25, 0.3) is 0 Å². The van der Waals surface area contributed by atoms with Gasteiger partial charge in [0.25, 0.3) is 0 Å². The summed E-state index contributed by atoms with van der Waals surface area (Å²) >= 11 is 0. The van der Waals surface area contributed by atoms with Crippen LogP contribution in [-0.4, -0.2) is 41.2 Å². The summed E-state index contributed by atoms with van der Waals surface area (Å²) in [5.74, 6) is 0. The first-order chi connectivity index (χ1) is 7.10. The van der Waals surface area contributed by atoms with Crippen molar-refractivity contribution in [1.29, 1.82) is 0 Å². The normalized spacial score (nSPS) is 9.94. The van der Waals surface area contributed by atoms with Gasteiger partial charge in [0, 0.05) is 47.6 Å². The summed E-state index contributed by atoms with van der Waals surface area (Å²) < 4.78 is 0. The fourth-order valence-corrected chi connectivity index (χ4v) is 0.413. The van der Waals surface area contributed by atoms with Crippen molar-refractivity contribution in [2.45, 2.75) is 52.5 Å². The molecule has 1 unspecified atom stereocenters. The molecule has 0 aliphatic heterocycles. The molecule has 0 spiro atoms. The second-order valence-corrected chi connectivity index (χ2v) is 3.29. The van der Waals surface area contributed by atoms with E-state index in [2.05, 4.69) is 0 Å². The Bertz CT molecular complexity index is 77.6. The van der Waals surface area contributed by atoms with Crippen LogP contribution in [-0.2, 0) is 21.7 Å². The molecular formula is C11H29NO3Ti. The van der Waals surface area contributed by atoms with Crippen LogP contribution in [0.5, 0.6) is 0 Å². The van der Waals surface area contributed by atoms with Crippen LogP contribution in [0.2, 0.25) is 0 Å². The molecule has 0 aliphatic carbocycles. The monoisotopic (exact) mass is 271 g/mol. The zero-order chi connectivity index (χ0) is 12.5. The van der Waals surface area contributed by atoms with E-state index in [4.69, 9.17) is 21.1 Å². The Morgan fingerprint density at radius 1 is 0.938 bits per heavy atom. The Labute approximate surface area is 115 Å². The maximum absolute atomic E-state index is 8.26. The van der Waals surface area contributed by atoms with Crippen LogP contribution < -0.4 is 5.73 Å². The van der Waals surface area contributed by atoms with E-state index in [1.54, 1.807) is 0 Å². The number of rotatable bonds is 5. The van der Waals surface area contributed by atoms with Gasteiger partial charge in [-0.25, -0.2) is 0 Å². The topological polar surface area (TPSA) is 86.7 Å². The van der Waals surface area contributed by atoms with Gasteiger partial charge in [0.1, 0.15) is 0 Å². The Kier molecular flexibility index (Phi) is 47.0. The molecule has 0 saturated heterocycles. The van der Waals surface area contributed by atoms with E-state index in [0.29, 0.717) is 13.2 Å². The zero-order valence-electron chi connectivity index (χ0n) is 10.9. The molecule has 0 aromatic rings. The average Bonchev–Trinajstić information content (AvgIpc) is 2.27. The van der Waals surface area contributed by atoms with E-state index in [-0.39, 0.29) is 34.4 Å². The molecule has 1 atom stereocenters. The van der Waals surface area contributed by atoms with Gasteiger partial charge in [-0.1, -0.05) is 13.8 Å². The quantitative estimate of drug-likeness (QED) is 0.559. The molecule has 5 heteroatoms. The molecule has 100 valence electrons. The van der Waals surface area contributed by atoms with Gasteiger partial charge in [-0.2, -0.15) is 0 Å². The summed E-state index contributed by atoms with van der Waals surface area (Å²) in [5, 5.41) is 24.0. The summed E-state index contributed by atoms with van der Waals surface area (Å²) in [5.41, 5.74) is 5.37. The van der Waals surface area contributed by atoms with Gasteiger partial charge in [-0.3, -0.25) is 0 Å². The third-order valence-corrected chi connectivity index (χ3v) is 1.26. The number of aliphatic hydroxyl groups excluding tert-OH is 3. The van der Waals surface area contributed by atoms with E-state index in [1.165, 1.54) is 0 Å². The third kappa shape index (κ3) is 62.2. The van der Waals surface area contributed by atoms with Gasteiger partial charge in [-0.05, 0) is 32.6 Å². The molecule has 0 aromatic heterocycles. The molecule has 16 heavy (non-hydrogen) atoms. The zero-order valence-corrected chi connectivity index (χ0v) is 12.5. The average molecular weight is 271 g/mol. The number of hydrogen-bond acceptors (Lipinski definition) is 4. The summed E-state index contributed by atoms with van der Waals surface area (Å²) in [4.78, 5) is 0.